The minimum Gasteiger partial charge on any atom is -0.493 e. The molecular weight excluding hydrogens is 454 g/mol. The van der Waals surface area contributed by atoms with Crippen molar-refractivity contribution >= 4 is 22.7 Å². The van der Waals surface area contributed by atoms with E-state index in [-0.39, 0.29) is 30.3 Å². The van der Waals surface area contributed by atoms with Crippen molar-refractivity contribution in [2.75, 3.05) is 14.2 Å². The molecule has 2 saturated carbocycles. The standard InChI is InChI=1S/C29H35N3O4/c1-35-25-15-12-19(16-26(25)36-2)28(29(34)31-21-8-4-3-5-9-21)32(22-13-14-22)27(33)17-20-18-30-24-11-7-6-10-23(20)24/h6-7,10-12,15-16,18,21-22,28,30H,3-5,8-9,13-14,17H2,1-2H3,(H,31,34). The van der Waals surface area contributed by atoms with E-state index in [1.54, 1.807) is 14.2 Å². The molecule has 2 aliphatic carbocycles. The first-order valence-electron chi connectivity index (χ1n) is 13.0. The summed E-state index contributed by atoms with van der Waals surface area (Å²) in [4.78, 5) is 32.9. The number of methoxy groups -OCH3 is 2. The number of amides is 2. The van der Waals surface area contributed by atoms with Gasteiger partial charge in [0, 0.05) is 29.2 Å². The van der Waals surface area contributed by atoms with E-state index >= 15 is 0 Å². The van der Waals surface area contributed by atoms with Crippen LogP contribution in [0.15, 0.2) is 48.7 Å². The van der Waals surface area contributed by atoms with E-state index in [4.69, 9.17) is 9.47 Å². The summed E-state index contributed by atoms with van der Waals surface area (Å²) in [6.07, 6.45) is 9.37. The lowest BCUT2D eigenvalue weighted by Crippen LogP contribution is -2.48. The van der Waals surface area contributed by atoms with Gasteiger partial charge < -0.3 is 24.7 Å². The number of nitrogens with zero attached hydrogens (tertiary/aromatic N) is 1. The molecule has 1 aromatic heterocycles. The first kappa shape index (κ1) is 24.2. The summed E-state index contributed by atoms with van der Waals surface area (Å²) in [5.74, 6) is 0.982. The highest BCUT2D eigenvalue weighted by atomic mass is 16.5. The average molecular weight is 490 g/mol. The largest absolute Gasteiger partial charge is 0.493 e. The molecule has 190 valence electrons. The molecule has 0 aliphatic heterocycles. The number of ether oxygens (including phenoxy) is 2. The van der Waals surface area contributed by atoms with Gasteiger partial charge in [0.25, 0.3) is 0 Å². The number of H-pyrrole nitrogens is 1. The molecule has 7 nitrogen and oxygen atoms in total. The maximum atomic E-state index is 13.9. The SMILES string of the molecule is COc1ccc(C(C(=O)NC2CCCCC2)N(C(=O)Cc2c[nH]c3ccccc23)C2CC2)cc1OC. The topological polar surface area (TPSA) is 83.7 Å². The van der Waals surface area contributed by atoms with Gasteiger partial charge in [-0.2, -0.15) is 0 Å². The van der Waals surface area contributed by atoms with Crippen LogP contribution in [-0.2, 0) is 16.0 Å². The lowest BCUT2D eigenvalue weighted by atomic mass is 9.94. The second-order valence-corrected chi connectivity index (χ2v) is 9.93. The molecule has 3 aromatic rings. The molecule has 1 atom stereocenters. The Morgan fingerprint density at radius 2 is 1.75 bits per heavy atom. The zero-order valence-corrected chi connectivity index (χ0v) is 21.1. The molecule has 1 unspecified atom stereocenters. The van der Waals surface area contributed by atoms with Gasteiger partial charge in [0.05, 0.1) is 20.6 Å². The van der Waals surface area contributed by atoms with Crippen LogP contribution < -0.4 is 14.8 Å². The molecule has 0 spiro atoms. The summed E-state index contributed by atoms with van der Waals surface area (Å²) < 4.78 is 11.0. The second-order valence-electron chi connectivity index (χ2n) is 9.93. The monoisotopic (exact) mass is 489 g/mol. The van der Waals surface area contributed by atoms with E-state index in [1.807, 2.05) is 53.6 Å². The van der Waals surface area contributed by atoms with Gasteiger partial charge in [-0.25, -0.2) is 0 Å². The molecule has 7 heteroatoms. The number of aromatic amines is 1. The summed E-state index contributed by atoms with van der Waals surface area (Å²) in [7, 11) is 3.17. The maximum absolute atomic E-state index is 13.9. The highest BCUT2D eigenvalue weighted by Gasteiger charge is 2.42. The number of hydrogen-bond donors (Lipinski definition) is 2. The Hall–Kier alpha value is -3.48. The molecule has 0 bridgehead atoms. The van der Waals surface area contributed by atoms with Crippen molar-refractivity contribution in [1.29, 1.82) is 0 Å². The third-order valence-corrected chi connectivity index (χ3v) is 7.45. The zero-order valence-electron chi connectivity index (χ0n) is 21.1. The summed E-state index contributed by atoms with van der Waals surface area (Å²) >= 11 is 0. The van der Waals surface area contributed by atoms with Gasteiger partial charge in [0.15, 0.2) is 11.5 Å². The van der Waals surface area contributed by atoms with Gasteiger partial charge in [-0.3, -0.25) is 9.59 Å². The highest BCUT2D eigenvalue weighted by molar-refractivity contribution is 5.93. The quantitative estimate of drug-likeness (QED) is 0.447. The van der Waals surface area contributed by atoms with Gasteiger partial charge in [-0.15, -0.1) is 0 Å². The van der Waals surface area contributed by atoms with E-state index in [2.05, 4.69) is 10.3 Å². The normalized spacial score (nSPS) is 16.9. The number of carbonyl (C=O) groups excluding carboxylic acids is 2. The molecule has 2 aromatic carbocycles. The first-order chi connectivity index (χ1) is 17.6. The summed E-state index contributed by atoms with van der Waals surface area (Å²) in [5.41, 5.74) is 2.69. The highest BCUT2D eigenvalue weighted by Crippen LogP contribution is 2.39. The Balaban J connectivity index is 1.48. The van der Waals surface area contributed by atoms with Crippen LogP contribution in [0.4, 0.5) is 0 Å². The van der Waals surface area contributed by atoms with Crippen LogP contribution in [0.3, 0.4) is 0 Å². The third kappa shape index (κ3) is 5.06. The van der Waals surface area contributed by atoms with Crippen molar-refractivity contribution in [3.63, 3.8) is 0 Å². The first-order valence-corrected chi connectivity index (χ1v) is 13.0. The van der Waals surface area contributed by atoms with Crippen molar-refractivity contribution in [2.24, 2.45) is 0 Å². The molecule has 2 amide bonds. The van der Waals surface area contributed by atoms with E-state index in [0.29, 0.717) is 11.5 Å². The van der Waals surface area contributed by atoms with Crippen LogP contribution in [0.5, 0.6) is 11.5 Å². The Kier molecular flexibility index (Phi) is 7.16. The fourth-order valence-corrected chi connectivity index (χ4v) is 5.43. The molecule has 36 heavy (non-hydrogen) atoms. The summed E-state index contributed by atoms with van der Waals surface area (Å²) in [6.45, 7) is 0. The molecule has 0 saturated heterocycles. The minimum absolute atomic E-state index is 0.0409. The molecule has 5 rings (SSSR count). The number of rotatable bonds is 9. The lowest BCUT2D eigenvalue weighted by molar-refractivity contribution is -0.141. The van der Waals surface area contributed by atoms with Crippen molar-refractivity contribution < 1.29 is 19.1 Å². The second kappa shape index (κ2) is 10.6. The van der Waals surface area contributed by atoms with Crippen molar-refractivity contribution in [3.8, 4) is 11.5 Å². The predicted molar refractivity (Wildman–Crippen MR) is 139 cm³/mol. The summed E-state index contributed by atoms with van der Waals surface area (Å²) in [5, 5.41) is 4.32. The number of para-hydroxylation sites is 1. The predicted octanol–water partition coefficient (Wildman–Crippen LogP) is 4.91. The summed E-state index contributed by atoms with van der Waals surface area (Å²) in [6, 6.07) is 13.0. The van der Waals surface area contributed by atoms with Gasteiger partial charge in [-0.1, -0.05) is 43.5 Å². The van der Waals surface area contributed by atoms with Gasteiger partial charge in [0.2, 0.25) is 11.8 Å². The smallest absolute Gasteiger partial charge is 0.247 e. The average Bonchev–Trinajstić information content (AvgIpc) is 3.67. The van der Waals surface area contributed by atoms with Gasteiger partial charge in [0.1, 0.15) is 6.04 Å². The minimum atomic E-state index is -0.725. The van der Waals surface area contributed by atoms with Crippen LogP contribution in [0.2, 0.25) is 0 Å². The van der Waals surface area contributed by atoms with E-state index in [1.165, 1.54) is 6.42 Å². The van der Waals surface area contributed by atoms with Crippen LogP contribution in [0, 0.1) is 0 Å². The molecule has 2 aliphatic rings. The molecule has 1 heterocycles. The van der Waals surface area contributed by atoms with Crippen molar-refractivity contribution in [1.82, 2.24) is 15.2 Å². The third-order valence-electron chi connectivity index (χ3n) is 7.45. The number of carbonyl (C=O) groups is 2. The van der Waals surface area contributed by atoms with E-state index < -0.39 is 6.04 Å². The number of fused-ring (bicyclic) bond motifs is 1. The number of nitrogens with one attached hydrogen (secondary N) is 2. The van der Waals surface area contributed by atoms with Crippen LogP contribution in [-0.4, -0.2) is 48.0 Å². The van der Waals surface area contributed by atoms with Crippen molar-refractivity contribution in [2.45, 2.75) is 69.5 Å². The molecule has 2 fully saturated rings. The number of aromatic nitrogens is 1. The van der Waals surface area contributed by atoms with Crippen LogP contribution in [0.25, 0.3) is 10.9 Å². The fourth-order valence-electron chi connectivity index (χ4n) is 5.43. The molecule has 0 radical (unpaired) electrons. The van der Waals surface area contributed by atoms with Crippen LogP contribution in [0.1, 0.15) is 62.1 Å². The van der Waals surface area contributed by atoms with E-state index in [9.17, 15) is 9.59 Å². The molecule has 2 N–H and O–H groups in total. The Morgan fingerprint density at radius 1 is 1.00 bits per heavy atom. The fraction of sp³-hybridized carbons (Fsp3) is 0.448. The van der Waals surface area contributed by atoms with Gasteiger partial charge in [-0.05, 0) is 55.0 Å². The Bertz CT molecular complexity index is 1230. The number of hydrogen-bond acceptors (Lipinski definition) is 4. The lowest BCUT2D eigenvalue weighted by Gasteiger charge is -2.34. The van der Waals surface area contributed by atoms with Gasteiger partial charge >= 0.3 is 0 Å². The van der Waals surface area contributed by atoms with E-state index in [0.717, 1.165) is 60.6 Å². The van der Waals surface area contributed by atoms with Crippen LogP contribution >= 0.6 is 0 Å². The number of benzene rings is 2. The zero-order chi connectivity index (χ0) is 25.1. The Labute approximate surface area is 212 Å². The Morgan fingerprint density at radius 3 is 2.47 bits per heavy atom. The molecular formula is C29H35N3O4. The van der Waals surface area contributed by atoms with Crippen molar-refractivity contribution in [3.05, 3.63) is 59.8 Å². The maximum Gasteiger partial charge on any atom is 0.247 e.